The average Bonchev–Trinajstić information content (AvgIpc) is 3.94. The van der Waals surface area contributed by atoms with Gasteiger partial charge in [0.25, 0.3) is 5.91 Å². The number of aryl methyl sites for hydroxylation is 1. The van der Waals surface area contributed by atoms with Crippen LogP contribution in [-0.2, 0) is 12.6 Å². The lowest BCUT2D eigenvalue weighted by atomic mass is 10.1. The largest absolute Gasteiger partial charge is 0.420 e. The van der Waals surface area contributed by atoms with Gasteiger partial charge >= 0.3 is 6.18 Å². The fourth-order valence-corrected chi connectivity index (χ4v) is 8.29. The second-order valence-corrected chi connectivity index (χ2v) is 14.1. The number of halogens is 3. The Labute approximate surface area is 257 Å². The molecule has 0 unspecified atom stereocenters. The van der Waals surface area contributed by atoms with Gasteiger partial charge < -0.3 is 15.1 Å². The van der Waals surface area contributed by atoms with Crippen LogP contribution in [0, 0.1) is 5.92 Å². The molecule has 2 aliphatic carbocycles. The van der Waals surface area contributed by atoms with Crippen LogP contribution in [0.4, 0.5) is 30.5 Å². The molecule has 0 atom stereocenters. The maximum absolute atomic E-state index is 14.1. The minimum absolute atomic E-state index is 0.0864. The van der Waals surface area contributed by atoms with Crippen molar-refractivity contribution in [3.63, 3.8) is 0 Å². The molecule has 1 amide bonds. The Balaban J connectivity index is 1.14. The Bertz CT molecular complexity index is 1510. The topological polar surface area (TPSA) is 64.6 Å². The van der Waals surface area contributed by atoms with E-state index in [-0.39, 0.29) is 23.6 Å². The van der Waals surface area contributed by atoms with Gasteiger partial charge in [0.1, 0.15) is 10.4 Å². The Morgan fingerprint density at radius 1 is 1.05 bits per heavy atom. The second kappa shape index (κ2) is 11.6. The second-order valence-electron chi connectivity index (χ2n) is 11.9. The molecule has 2 aromatic heterocycles. The molecule has 12 heteroatoms. The van der Waals surface area contributed by atoms with E-state index in [1.165, 1.54) is 31.1 Å². The van der Waals surface area contributed by atoms with E-state index in [1.807, 2.05) is 11.0 Å². The number of hydrogen-bond donors (Lipinski definition) is 1. The summed E-state index contributed by atoms with van der Waals surface area (Å²) < 4.78 is 42.4. The summed E-state index contributed by atoms with van der Waals surface area (Å²) in [6.45, 7) is 8.04. The van der Waals surface area contributed by atoms with Crippen LogP contribution in [0.5, 0.6) is 0 Å². The van der Waals surface area contributed by atoms with Gasteiger partial charge in [-0.05, 0) is 67.9 Å². The van der Waals surface area contributed by atoms with E-state index in [0.29, 0.717) is 16.3 Å². The lowest BCUT2D eigenvalue weighted by Crippen LogP contribution is -2.47. The molecule has 1 N–H and O–H groups in total. The first-order chi connectivity index (χ1) is 20.8. The Hall–Kier alpha value is -2.83. The summed E-state index contributed by atoms with van der Waals surface area (Å²) in [5.41, 5.74) is 1.88. The number of carbonyl (C=O) groups excluding carboxylic acids is 1. The predicted molar refractivity (Wildman–Crippen MR) is 166 cm³/mol. The number of carbonyl (C=O) groups is 1. The zero-order chi connectivity index (χ0) is 29.7. The number of thioether (sulfide) groups is 1. The number of nitrogens with one attached hydrogen (secondary N) is 1. The molecule has 2 aliphatic heterocycles. The molecule has 43 heavy (non-hydrogen) atoms. The van der Waals surface area contributed by atoms with Crippen molar-refractivity contribution in [1.82, 2.24) is 19.8 Å². The van der Waals surface area contributed by atoms with E-state index in [9.17, 15) is 18.0 Å². The van der Waals surface area contributed by atoms with Crippen molar-refractivity contribution < 1.29 is 18.0 Å². The van der Waals surface area contributed by atoms with Crippen LogP contribution < -0.4 is 10.2 Å². The van der Waals surface area contributed by atoms with Crippen molar-refractivity contribution in [3.8, 4) is 10.6 Å². The number of thiophene rings is 1. The van der Waals surface area contributed by atoms with Crippen molar-refractivity contribution in [2.75, 3.05) is 55.2 Å². The summed E-state index contributed by atoms with van der Waals surface area (Å²) in [5, 5.41) is 3.20. The number of alkyl halides is 3. The molecule has 3 aromatic rings. The highest BCUT2D eigenvalue weighted by Gasteiger charge is 2.39. The zero-order valence-corrected chi connectivity index (χ0v) is 25.8. The van der Waals surface area contributed by atoms with E-state index in [2.05, 4.69) is 44.1 Å². The highest BCUT2D eigenvalue weighted by atomic mass is 32.2. The van der Waals surface area contributed by atoms with E-state index in [1.54, 1.807) is 6.07 Å². The highest BCUT2D eigenvalue weighted by molar-refractivity contribution is 7.99. The molecule has 0 spiro atoms. The van der Waals surface area contributed by atoms with Crippen LogP contribution in [0.2, 0.25) is 0 Å². The fourth-order valence-electron chi connectivity index (χ4n) is 5.97. The quantitative estimate of drug-likeness (QED) is 0.295. The molecule has 1 saturated heterocycles. The highest BCUT2D eigenvalue weighted by Crippen LogP contribution is 2.44. The first kappa shape index (κ1) is 28.9. The van der Waals surface area contributed by atoms with Crippen molar-refractivity contribution in [2.24, 2.45) is 5.92 Å². The summed E-state index contributed by atoms with van der Waals surface area (Å²) in [4.78, 5) is 30.2. The van der Waals surface area contributed by atoms with Crippen LogP contribution in [0.25, 0.3) is 10.6 Å². The van der Waals surface area contributed by atoms with E-state index < -0.39 is 11.7 Å². The van der Waals surface area contributed by atoms with Gasteiger partial charge in [-0.3, -0.25) is 9.69 Å². The number of aromatic nitrogens is 2. The molecule has 0 bridgehead atoms. The first-order valence-electron chi connectivity index (χ1n) is 15.2. The third-order valence-corrected chi connectivity index (χ3v) is 11.0. The number of rotatable bonds is 8. The van der Waals surface area contributed by atoms with Gasteiger partial charge in [-0.1, -0.05) is 6.92 Å². The smallest absolute Gasteiger partial charge is 0.369 e. The number of piperazine rings is 1. The fraction of sp³-hybridized carbons (Fsp3) is 0.516. The molecular weight excluding hydrogens is 594 g/mol. The minimum Gasteiger partial charge on any atom is -0.369 e. The Kier molecular flexibility index (Phi) is 7.79. The van der Waals surface area contributed by atoms with Crippen LogP contribution >= 0.6 is 23.1 Å². The van der Waals surface area contributed by atoms with Crippen molar-refractivity contribution >= 4 is 46.3 Å². The van der Waals surface area contributed by atoms with Crippen LogP contribution in [0.3, 0.4) is 0 Å². The van der Waals surface area contributed by atoms with Crippen LogP contribution in [0.1, 0.15) is 53.4 Å². The van der Waals surface area contributed by atoms with E-state index >= 15 is 0 Å². The van der Waals surface area contributed by atoms with Crippen molar-refractivity contribution in [2.45, 2.75) is 56.1 Å². The molecular formula is C31H35F3N6OS2. The number of benzene rings is 1. The summed E-state index contributed by atoms with van der Waals surface area (Å²) in [6, 6.07) is 8.14. The predicted octanol–water partition coefficient (Wildman–Crippen LogP) is 6.77. The molecule has 4 aliphatic rings. The summed E-state index contributed by atoms with van der Waals surface area (Å²) in [5.74, 6) is 1.63. The molecule has 7 nitrogen and oxygen atoms in total. The molecule has 1 aromatic carbocycles. The van der Waals surface area contributed by atoms with Gasteiger partial charge in [-0.2, -0.15) is 13.2 Å². The zero-order valence-electron chi connectivity index (χ0n) is 24.1. The normalized spacial score (nSPS) is 19.9. The molecule has 0 radical (unpaired) electrons. The molecule has 228 valence electrons. The molecule has 7 rings (SSSR count). The van der Waals surface area contributed by atoms with Gasteiger partial charge in [-0.25, -0.2) is 9.97 Å². The van der Waals surface area contributed by atoms with Gasteiger partial charge in [-0.15, -0.1) is 23.1 Å². The number of fused-ring (bicyclic) bond motifs is 1. The number of nitrogens with zero attached hydrogens (tertiary/aromatic N) is 5. The van der Waals surface area contributed by atoms with Gasteiger partial charge in [0, 0.05) is 73.5 Å². The van der Waals surface area contributed by atoms with Gasteiger partial charge in [0.05, 0.1) is 10.6 Å². The standard InChI is InChI=1S/C31H35F3N6OS2/c1-2-20-15-22(39-11-9-38(10-12-39)18-19-3-4-19)7-8-24(20)36-30-35-17-23(31(32,33)34)27(37-30)25-16-26-28(43-25)29(41)40(13-14-42-26)21-5-6-21/h7-8,15-17,19,21H,2-6,9-14,18H2,1H3,(H,35,36,37). The lowest BCUT2D eigenvalue weighted by molar-refractivity contribution is -0.137. The first-order valence-corrected chi connectivity index (χ1v) is 17.0. The minimum atomic E-state index is -4.63. The maximum atomic E-state index is 14.1. The monoisotopic (exact) mass is 628 g/mol. The molecule has 2 saturated carbocycles. The summed E-state index contributed by atoms with van der Waals surface area (Å²) in [7, 11) is 0. The maximum Gasteiger partial charge on any atom is 0.420 e. The third-order valence-electron chi connectivity index (χ3n) is 8.73. The summed E-state index contributed by atoms with van der Waals surface area (Å²) >= 11 is 2.62. The average molecular weight is 629 g/mol. The molecule has 3 fully saturated rings. The van der Waals surface area contributed by atoms with Crippen LogP contribution in [0.15, 0.2) is 35.4 Å². The lowest BCUT2D eigenvalue weighted by Gasteiger charge is -2.36. The SMILES string of the molecule is CCc1cc(N2CCN(CC3CC3)CC2)ccc1Nc1ncc(C(F)(F)F)c(-c2cc3c(s2)C(=O)N(C2CC2)CCS3)n1. The Morgan fingerprint density at radius 2 is 1.84 bits per heavy atom. The number of amides is 1. The number of hydrogen-bond acceptors (Lipinski definition) is 8. The van der Waals surface area contributed by atoms with E-state index in [0.717, 1.165) is 96.5 Å². The van der Waals surface area contributed by atoms with Gasteiger partial charge in [0.15, 0.2) is 0 Å². The van der Waals surface area contributed by atoms with Crippen molar-refractivity contribution in [3.05, 3.63) is 46.5 Å². The molecule has 4 heterocycles. The van der Waals surface area contributed by atoms with Gasteiger partial charge in [0.2, 0.25) is 5.95 Å². The van der Waals surface area contributed by atoms with E-state index in [4.69, 9.17) is 0 Å². The summed E-state index contributed by atoms with van der Waals surface area (Å²) in [6.07, 6.45) is 1.67. The van der Waals surface area contributed by atoms with Crippen molar-refractivity contribution in [1.29, 1.82) is 0 Å². The van der Waals surface area contributed by atoms with Crippen LogP contribution in [-0.4, -0.2) is 76.7 Å². The number of anilines is 3. The third kappa shape index (κ3) is 6.23. The Morgan fingerprint density at radius 3 is 2.53 bits per heavy atom.